The Morgan fingerprint density at radius 2 is 2.29 bits per heavy atom. The molecular formula is C5H9NO. The second kappa shape index (κ2) is 3.40. The largest absolute Gasteiger partial charge is 0.504 e. The number of hydrogen-bond donors (Lipinski definition) is 1. The predicted octanol–water partition coefficient (Wildman–Crippen LogP) is 1.19. The van der Waals surface area contributed by atoms with Crippen molar-refractivity contribution in [2.24, 2.45) is 0 Å². The lowest BCUT2D eigenvalue weighted by molar-refractivity contribution is 0.338. The van der Waals surface area contributed by atoms with E-state index in [0.717, 1.165) is 0 Å². The number of hydrogen-bond acceptors (Lipinski definition) is 2. The summed E-state index contributed by atoms with van der Waals surface area (Å²) in [6, 6.07) is 0. The molecule has 0 rings (SSSR count). The van der Waals surface area contributed by atoms with Crippen LogP contribution in [0.5, 0.6) is 0 Å². The Morgan fingerprint density at radius 3 is 2.43 bits per heavy atom. The summed E-state index contributed by atoms with van der Waals surface area (Å²) in [7, 11) is 1.56. The van der Waals surface area contributed by atoms with E-state index in [4.69, 9.17) is 5.41 Å². The average molecular weight is 99.1 g/mol. The van der Waals surface area contributed by atoms with Gasteiger partial charge in [0.15, 0.2) is 0 Å². The van der Waals surface area contributed by atoms with Crippen molar-refractivity contribution in [3.63, 3.8) is 0 Å². The van der Waals surface area contributed by atoms with Gasteiger partial charge in [-0.15, -0.1) is 0 Å². The monoisotopic (exact) mass is 99.1 g/mol. The second-order valence-electron chi connectivity index (χ2n) is 1.22. The van der Waals surface area contributed by atoms with Crippen LogP contribution in [0.15, 0.2) is 12.3 Å². The van der Waals surface area contributed by atoms with E-state index in [1.54, 1.807) is 20.1 Å². The van der Waals surface area contributed by atoms with Gasteiger partial charge in [-0.25, -0.2) is 0 Å². The zero-order valence-electron chi connectivity index (χ0n) is 4.56. The maximum absolute atomic E-state index is 6.83. The molecule has 0 bridgehead atoms. The Bertz CT molecular complexity index is 86.1. The molecular weight excluding hydrogens is 90.1 g/mol. The van der Waals surface area contributed by atoms with Crippen molar-refractivity contribution in [2.75, 3.05) is 7.11 Å². The van der Waals surface area contributed by atoms with Gasteiger partial charge in [0.05, 0.1) is 13.4 Å². The average Bonchev–Trinajstić information content (AvgIpc) is 1.61. The van der Waals surface area contributed by atoms with Crippen LogP contribution in [-0.4, -0.2) is 12.8 Å². The maximum Gasteiger partial charge on any atom is 0.0842 e. The molecule has 0 saturated heterocycles. The van der Waals surface area contributed by atoms with Crippen molar-refractivity contribution in [1.82, 2.24) is 0 Å². The van der Waals surface area contributed by atoms with Gasteiger partial charge >= 0.3 is 0 Å². The van der Waals surface area contributed by atoms with E-state index in [1.807, 2.05) is 0 Å². The van der Waals surface area contributed by atoms with E-state index in [-0.39, 0.29) is 0 Å². The van der Waals surface area contributed by atoms with Gasteiger partial charge in [0, 0.05) is 5.71 Å². The van der Waals surface area contributed by atoms with E-state index in [2.05, 4.69) is 4.74 Å². The topological polar surface area (TPSA) is 33.1 Å². The molecule has 0 aliphatic carbocycles. The summed E-state index contributed by atoms with van der Waals surface area (Å²) in [6.45, 7) is 1.69. The molecule has 0 aliphatic heterocycles. The van der Waals surface area contributed by atoms with Crippen LogP contribution >= 0.6 is 0 Å². The van der Waals surface area contributed by atoms with Crippen molar-refractivity contribution in [3.8, 4) is 0 Å². The first-order valence-electron chi connectivity index (χ1n) is 2.02. The molecule has 0 aromatic heterocycles. The molecule has 1 N–H and O–H groups in total. The number of ether oxygens (including phenoxy) is 1. The van der Waals surface area contributed by atoms with Crippen LogP contribution in [-0.2, 0) is 4.74 Å². The van der Waals surface area contributed by atoms with Crippen molar-refractivity contribution in [1.29, 1.82) is 5.41 Å². The Kier molecular flexibility index (Phi) is 3.02. The van der Waals surface area contributed by atoms with Gasteiger partial charge in [-0.2, -0.15) is 0 Å². The minimum Gasteiger partial charge on any atom is -0.504 e. The smallest absolute Gasteiger partial charge is 0.0842 e. The van der Waals surface area contributed by atoms with E-state index >= 15 is 0 Å². The summed E-state index contributed by atoms with van der Waals surface area (Å²) in [5.41, 5.74) is 0.502. The van der Waals surface area contributed by atoms with Crippen molar-refractivity contribution in [3.05, 3.63) is 12.3 Å². The highest BCUT2D eigenvalue weighted by molar-refractivity contribution is 5.89. The maximum atomic E-state index is 6.83. The highest BCUT2D eigenvalue weighted by atomic mass is 16.5. The Morgan fingerprint density at radius 1 is 1.71 bits per heavy atom. The summed E-state index contributed by atoms with van der Waals surface area (Å²) in [5.74, 6) is 0. The van der Waals surface area contributed by atoms with Crippen LogP contribution in [0.25, 0.3) is 0 Å². The lowest BCUT2D eigenvalue weighted by Gasteiger charge is -1.82. The molecule has 0 aliphatic rings. The molecule has 0 spiro atoms. The minimum absolute atomic E-state index is 0.502. The van der Waals surface area contributed by atoms with Crippen LogP contribution in [0.4, 0.5) is 0 Å². The third-order valence-corrected chi connectivity index (χ3v) is 0.454. The summed E-state index contributed by atoms with van der Waals surface area (Å²) in [5, 5.41) is 6.83. The minimum atomic E-state index is 0.502. The first-order valence-corrected chi connectivity index (χ1v) is 2.02. The summed E-state index contributed by atoms with van der Waals surface area (Å²) < 4.78 is 4.53. The van der Waals surface area contributed by atoms with Gasteiger partial charge in [0.1, 0.15) is 0 Å². The van der Waals surface area contributed by atoms with Gasteiger partial charge in [-0.3, -0.25) is 0 Å². The molecule has 0 fully saturated rings. The van der Waals surface area contributed by atoms with Gasteiger partial charge in [-0.05, 0) is 13.0 Å². The summed E-state index contributed by atoms with van der Waals surface area (Å²) in [4.78, 5) is 0. The van der Waals surface area contributed by atoms with Crippen LogP contribution < -0.4 is 0 Å². The van der Waals surface area contributed by atoms with Crippen molar-refractivity contribution < 1.29 is 4.74 Å². The fraction of sp³-hybridized carbons (Fsp3) is 0.400. The van der Waals surface area contributed by atoms with E-state index in [0.29, 0.717) is 5.71 Å². The van der Waals surface area contributed by atoms with Crippen LogP contribution in [0, 0.1) is 5.41 Å². The second-order valence-corrected chi connectivity index (χ2v) is 1.22. The quantitative estimate of drug-likeness (QED) is 0.409. The molecule has 0 aromatic rings. The molecule has 0 atom stereocenters. The Hall–Kier alpha value is -0.790. The van der Waals surface area contributed by atoms with Crippen molar-refractivity contribution >= 4 is 5.71 Å². The van der Waals surface area contributed by atoms with Gasteiger partial charge in [0.25, 0.3) is 0 Å². The lowest BCUT2D eigenvalue weighted by Crippen LogP contribution is -1.77. The van der Waals surface area contributed by atoms with Crippen LogP contribution in [0.3, 0.4) is 0 Å². The molecule has 2 heteroatoms. The van der Waals surface area contributed by atoms with Crippen LogP contribution in [0.1, 0.15) is 6.92 Å². The van der Waals surface area contributed by atoms with Gasteiger partial charge in [-0.1, -0.05) is 0 Å². The van der Waals surface area contributed by atoms with E-state index in [1.165, 1.54) is 6.26 Å². The molecule has 0 unspecified atom stereocenters. The zero-order chi connectivity index (χ0) is 5.70. The highest BCUT2D eigenvalue weighted by Crippen LogP contribution is 1.73. The molecule has 0 aromatic carbocycles. The lowest BCUT2D eigenvalue weighted by atomic mass is 10.4. The number of methoxy groups -OCH3 is 1. The molecule has 0 amide bonds. The molecule has 0 saturated carbocycles. The SMILES string of the molecule is CO/C=C\C(C)=N. The number of rotatable bonds is 2. The molecule has 40 valence electrons. The Labute approximate surface area is 43.3 Å². The standard InChI is InChI=1S/C5H9NO/c1-5(6)3-4-7-2/h3-4,6H,1-2H3/b4-3-,6-5?. The summed E-state index contributed by atoms with van der Waals surface area (Å²) in [6.07, 6.45) is 3.06. The first kappa shape index (κ1) is 6.21. The van der Waals surface area contributed by atoms with Gasteiger partial charge < -0.3 is 10.1 Å². The zero-order valence-corrected chi connectivity index (χ0v) is 4.56. The highest BCUT2D eigenvalue weighted by Gasteiger charge is 1.70. The van der Waals surface area contributed by atoms with E-state index in [9.17, 15) is 0 Å². The fourth-order valence-electron chi connectivity index (χ4n) is 0.170. The molecule has 0 heterocycles. The number of nitrogens with one attached hydrogen (secondary N) is 1. The molecule has 7 heavy (non-hydrogen) atoms. The van der Waals surface area contributed by atoms with Crippen molar-refractivity contribution in [2.45, 2.75) is 6.92 Å². The summed E-state index contributed by atoms with van der Waals surface area (Å²) >= 11 is 0. The first-order chi connectivity index (χ1) is 3.27. The third-order valence-electron chi connectivity index (χ3n) is 0.454. The Balaban J connectivity index is 3.26. The number of allylic oxidation sites excluding steroid dienone is 1. The van der Waals surface area contributed by atoms with E-state index < -0.39 is 0 Å². The normalized spacial score (nSPS) is 9.43. The van der Waals surface area contributed by atoms with Crippen LogP contribution in [0.2, 0.25) is 0 Å². The predicted molar refractivity (Wildman–Crippen MR) is 29.5 cm³/mol. The molecule has 2 nitrogen and oxygen atoms in total. The fourth-order valence-corrected chi connectivity index (χ4v) is 0.170. The van der Waals surface area contributed by atoms with Gasteiger partial charge in [0.2, 0.25) is 0 Å². The third kappa shape index (κ3) is 5.21. The molecule has 0 radical (unpaired) electrons.